The minimum Gasteiger partial charge on any atom is -0.497 e. The number of nitrogens with one attached hydrogen (secondary N) is 3. The van der Waals surface area contributed by atoms with Gasteiger partial charge < -0.3 is 25.0 Å². The molecule has 2 aromatic rings. The Labute approximate surface area is 195 Å². The molecule has 11 nitrogen and oxygen atoms in total. The van der Waals surface area contributed by atoms with Gasteiger partial charge in [-0.05, 0) is 31.9 Å². The van der Waals surface area contributed by atoms with Crippen LogP contribution in [0.4, 0.5) is 17.5 Å². The molecule has 0 aliphatic carbocycles. The quantitative estimate of drug-likeness (QED) is 0.542. The number of aromatic amines is 1. The second-order valence-corrected chi connectivity index (χ2v) is 8.19. The number of piperidine rings is 1. The van der Waals surface area contributed by atoms with Crippen LogP contribution in [0.5, 0.6) is 5.75 Å². The van der Waals surface area contributed by atoms with Gasteiger partial charge in [-0.15, -0.1) is 0 Å². The molecule has 1 atom stereocenters. The van der Waals surface area contributed by atoms with Crippen LogP contribution in [-0.2, 0) is 19.1 Å². The average Bonchev–Trinajstić information content (AvgIpc) is 2.83. The maximum Gasteiger partial charge on any atom is 0.309 e. The summed E-state index contributed by atoms with van der Waals surface area (Å²) in [6.45, 7) is 3.11. The summed E-state index contributed by atoms with van der Waals surface area (Å²) in [6, 6.07) is 6.80. The molecule has 34 heavy (non-hydrogen) atoms. The van der Waals surface area contributed by atoms with Gasteiger partial charge in [0.25, 0.3) is 5.56 Å². The van der Waals surface area contributed by atoms with Crippen LogP contribution < -0.4 is 25.8 Å². The summed E-state index contributed by atoms with van der Waals surface area (Å²) in [6.07, 6.45) is 0.965. The predicted octanol–water partition coefficient (Wildman–Crippen LogP) is 1.62. The van der Waals surface area contributed by atoms with E-state index in [4.69, 9.17) is 9.47 Å². The monoisotopic (exact) mass is 469 g/mol. The number of hydrogen-bond acceptors (Lipinski definition) is 8. The first-order chi connectivity index (χ1) is 16.4. The van der Waals surface area contributed by atoms with Crippen molar-refractivity contribution in [3.05, 3.63) is 40.2 Å². The number of benzene rings is 1. The Morgan fingerprint density at radius 1 is 1.24 bits per heavy atom. The van der Waals surface area contributed by atoms with Crippen molar-refractivity contribution in [1.29, 1.82) is 0 Å². The van der Waals surface area contributed by atoms with E-state index in [0.29, 0.717) is 49.9 Å². The summed E-state index contributed by atoms with van der Waals surface area (Å²) in [7, 11) is 1.52. The summed E-state index contributed by atoms with van der Waals surface area (Å²) in [5.74, 6) is -1.35. The third-order valence-corrected chi connectivity index (χ3v) is 6.01. The van der Waals surface area contributed by atoms with Crippen LogP contribution in [0.25, 0.3) is 0 Å². The lowest BCUT2D eigenvalue weighted by molar-refractivity contribution is -0.148. The molecule has 11 heteroatoms. The van der Waals surface area contributed by atoms with E-state index in [1.807, 2.05) is 4.90 Å². The zero-order valence-electron chi connectivity index (χ0n) is 19.1. The lowest BCUT2D eigenvalue weighted by Crippen LogP contribution is -2.41. The van der Waals surface area contributed by atoms with Crippen LogP contribution in [0.3, 0.4) is 0 Å². The highest BCUT2D eigenvalue weighted by atomic mass is 16.5. The van der Waals surface area contributed by atoms with Gasteiger partial charge in [0.2, 0.25) is 17.8 Å². The molecule has 1 fully saturated rings. The number of ether oxygens (including phenoxy) is 2. The van der Waals surface area contributed by atoms with Gasteiger partial charge in [0, 0.05) is 31.3 Å². The van der Waals surface area contributed by atoms with Gasteiger partial charge in [-0.1, -0.05) is 6.07 Å². The molecule has 1 aromatic carbocycles. The number of aromatic nitrogens is 2. The van der Waals surface area contributed by atoms with E-state index in [1.54, 1.807) is 31.2 Å². The highest BCUT2D eigenvalue weighted by Gasteiger charge is 2.36. The first-order valence-electron chi connectivity index (χ1n) is 11.2. The fourth-order valence-corrected chi connectivity index (χ4v) is 4.25. The largest absolute Gasteiger partial charge is 0.497 e. The zero-order chi connectivity index (χ0) is 24.2. The maximum atomic E-state index is 13.0. The van der Waals surface area contributed by atoms with E-state index < -0.39 is 23.3 Å². The lowest BCUT2D eigenvalue weighted by Gasteiger charge is -2.32. The second-order valence-electron chi connectivity index (χ2n) is 8.19. The second kappa shape index (κ2) is 9.94. The van der Waals surface area contributed by atoms with E-state index >= 15 is 0 Å². The number of esters is 1. The summed E-state index contributed by atoms with van der Waals surface area (Å²) in [5, 5.41) is 5.37. The van der Waals surface area contributed by atoms with Crippen LogP contribution in [0.1, 0.15) is 37.7 Å². The summed E-state index contributed by atoms with van der Waals surface area (Å²) < 4.78 is 10.3. The third kappa shape index (κ3) is 4.87. The van der Waals surface area contributed by atoms with Crippen LogP contribution in [-0.4, -0.2) is 54.6 Å². The molecule has 1 saturated heterocycles. The van der Waals surface area contributed by atoms with Crippen LogP contribution >= 0.6 is 0 Å². The van der Waals surface area contributed by atoms with Crippen molar-refractivity contribution in [2.75, 3.05) is 42.3 Å². The van der Waals surface area contributed by atoms with Gasteiger partial charge >= 0.3 is 5.97 Å². The topological polar surface area (TPSA) is 143 Å². The Balaban J connectivity index is 1.53. The summed E-state index contributed by atoms with van der Waals surface area (Å²) in [5.41, 5.74) is 0.117. The number of hydrogen-bond donors (Lipinski definition) is 3. The van der Waals surface area contributed by atoms with Crippen LogP contribution in [0.2, 0.25) is 0 Å². The van der Waals surface area contributed by atoms with E-state index in [2.05, 4.69) is 20.6 Å². The van der Waals surface area contributed by atoms with Crippen molar-refractivity contribution in [2.45, 2.75) is 32.1 Å². The fourth-order valence-electron chi connectivity index (χ4n) is 4.25. The van der Waals surface area contributed by atoms with Gasteiger partial charge in [-0.2, -0.15) is 4.98 Å². The Kier molecular flexibility index (Phi) is 6.80. The first kappa shape index (κ1) is 23.3. The third-order valence-electron chi connectivity index (χ3n) is 6.01. The van der Waals surface area contributed by atoms with Gasteiger partial charge in [0.15, 0.2) is 0 Å². The Hall–Kier alpha value is -3.89. The molecular weight excluding hydrogens is 442 g/mol. The highest BCUT2D eigenvalue weighted by molar-refractivity contribution is 6.04. The molecule has 0 unspecified atom stereocenters. The molecule has 180 valence electrons. The SMILES string of the molecule is CCOC(=O)C1CCN(c2nc3c(c(=O)[nH]2)[C@H](C(=O)Nc2cccc(OC)c2)CC(=O)N3)CC1. The number of carbonyl (C=O) groups is 3. The molecule has 2 aliphatic rings. The van der Waals surface area contributed by atoms with Crippen molar-refractivity contribution in [1.82, 2.24) is 9.97 Å². The molecule has 3 N–H and O–H groups in total. The molecule has 0 radical (unpaired) electrons. The number of H-pyrrole nitrogens is 1. The summed E-state index contributed by atoms with van der Waals surface area (Å²) >= 11 is 0. The van der Waals surface area contributed by atoms with Gasteiger partial charge in [0.05, 0.1) is 31.1 Å². The van der Waals surface area contributed by atoms with Crippen molar-refractivity contribution in [3.63, 3.8) is 0 Å². The number of carbonyl (C=O) groups excluding carboxylic acids is 3. The van der Waals surface area contributed by atoms with Crippen LogP contribution in [0.15, 0.2) is 29.1 Å². The number of nitrogens with zero attached hydrogens (tertiary/aromatic N) is 2. The van der Waals surface area contributed by atoms with E-state index in [-0.39, 0.29) is 29.7 Å². The standard InChI is InChI=1S/C23H27N5O6/c1-3-34-22(32)13-7-9-28(10-8-13)23-26-19-18(21(31)27-23)16(12-17(29)25-19)20(30)24-14-5-4-6-15(11-14)33-2/h4-6,11,13,16H,3,7-10,12H2,1-2H3,(H,24,30)(H2,25,26,27,29,31)/t16-/m1/s1. The normalized spacial score (nSPS) is 18.0. The molecule has 4 rings (SSSR count). The Bertz CT molecular complexity index is 1150. The van der Waals surface area contributed by atoms with Crippen molar-refractivity contribution < 1.29 is 23.9 Å². The number of methoxy groups -OCH3 is 1. The van der Waals surface area contributed by atoms with Gasteiger partial charge in [-0.25, -0.2) is 0 Å². The van der Waals surface area contributed by atoms with E-state index in [1.165, 1.54) is 7.11 Å². The van der Waals surface area contributed by atoms with Crippen molar-refractivity contribution >= 4 is 35.2 Å². The van der Waals surface area contributed by atoms with Crippen molar-refractivity contribution in [2.24, 2.45) is 5.92 Å². The first-order valence-corrected chi connectivity index (χ1v) is 11.2. The lowest BCUT2D eigenvalue weighted by atomic mass is 9.92. The molecular formula is C23H27N5O6. The zero-order valence-corrected chi connectivity index (χ0v) is 19.1. The van der Waals surface area contributed by atoms with Crippen LogP contribution in [0, 0.1) is 5.92 Å². The van der Waals surface area contributed by atoms with E-state index in [9.17, 15) is 19.2 Å². The number of amides is 2. The summed E-state index contributed by atoms with van der Waals surface area (Å²) in [4.78, 5) is 59.4. The minimum atomic E-state index is -0.991. The van der Waals surface area contributed by atoms with Gasteiger partial charge in [-0.3, -0.25) is 24.2 Å². The van der Waals surface area contributed by atoms with Crippen molar-refractivity contribution in [3.8, 4) is 5.75 Å². The Morgan fingerprint density at radius 3 is 2.71 bits per heavy atom. The predicted molar refractivity (Wildman–Crippen MR) is 124 cm³/mol. The highest BCUT2D eigenvalue weighted by Crippen LogP contribution is 2.31. The number of fused-ring (bicyclic) bond motifs is 1. The molecule has 3 heterocycles. The smallest absolute Gasteiger partial charge is 0.309 e. The molecule has 1 aromatic heterocycles. The number of anilines is 3. The Morgan fingerprint density at radius 2 is 2.00 bits per heavy atom. The minimum absolute atomic E-state index is 0.0771. The molecule has 2 aliphatic heterocycles. The maximum absolute atomic E-state index is 13.0. The molecule has 0 bridgehead atoms. The average molecular weight is 469 g/mol. The molecule has 2 amide bonds. The fraction of sp³-hybridized carbons (Fsp3) is 0.435. The molecule has 0 saturated carbocycles. The number of rotatable bonds is 6. The van der Waals surface area contributed by atoms with E-state index in [0.717, 1.165) is 0 Å². The molecule has 0 spiro atoms. The van der Waals surface area contributed by atoms with Gasteiger partial charge in [0.1, 0.15) is 11.6 Å².